The smallest absolute Gasteiger partial charge is 0.188 e. The molecule has 136 valence electrons. The van der Waals surface area contributed by atoms with Crippen molar-refractivity contribution in [1.29, 1.82) is 5.26 Å². The molecule has 6 nitrogen and oxygen atoms in total. The van der Waals surface area contributed by atoms with Crippen molar-refractivity contribution >= 4 is 22.3 Å². The predicted molar refractivity (Wildman–Crippen MR) is 106 cm³/mol. The Morgan fingerprint density at radius 2 is 2.19 bits per heavy atom. The lowest BCUT2D eigenvalue weighted by atomic mass is 9.99. The summed E-state index contributed by atoms with van der Waals surface area (Å²) in [5.41, 5.74) is 2.77. The number of likely N-dealkylation sites (tertiary alicyclic amines) is 1. The van der Waals surface area contributed by atoms with Gasteiger partial charge in [0.1, 0.15) is 5.82 Å². The summed E-state index contributed by atoms with van der Waals surface area (Å²) in [6.45, 7) is 1.91. The molecule has 1 atom stereocenters. The van der Waals surface area contributed by atoms with Gasteiger partial charge in [-0.2, -0.15) is 5.26 Å². The Morgan fingerprint density at radius 1 is 1.22 bits per heavy atom. The Labute approximate surface area is 162 Å². The van der Waals surface area contributed by atoms with Gasteiger partial charge in [0.05, 0.1) is 29.1 Å². The molecule has 3 aromatic heterocycles. The highest BCUT2D eigenvalue weighted by Gasteiger charge is 2.26. The van der Waals surface area contributed by atoms with Crippen LogP contribution in [-0.2, 0) is 6.54 Å². The van der Waals surface area contributed by atoms with E-state index in [1.165, 1.54) is 12.8 Å². The van der Waals surface area contributed by atoms with E-state index >= 15 is 0 Å². The molecule has 0 aliphatic carbocycles. The number of hydrogen-bond acceptors (Lipinski definition) is 7. The molecular formula is C20H20N6S. The van der Waals surface area contributed by atoms with Crippen LogP contribution in [0.4, 0.5) is 10.9 Å². The molecular weight excluding hydrogens is 356 g/mol. The van der Waals surface area contributed by atoms with E-state index in [0.717, 1.165) is 36.0 Å². The lowest BCUT2D eigenvalue weighted by Gasteiger charge is -2.34. The second-order valence-corrected chi connectivity index (χ2v) is 7.41. The molecule has 0 unspecified atom stereocenters. The highest BCUT2D eigenvalue weighted by molar-refractivity contribution is 7.13. The van der Waals surface area contributed by atoms with Gasteiger partial charge in [0.15, 0.2) is 5.13 Å². The molecule has 7 heteroatoms. The summed E-state index contributed by atoms with van der Waals surface area (Å²) < 4.78 is 0. The minimum Gasteiger partial charge on any atom is -0.316 e. The van der Waals surface area contributed by atoms with Crippen LogP contribution in [0, 0.1) is 11.3 Å². The summed E-state index contributed by atoms with van der Waals surface area (Å²) in [5, 5.41) is 15.2. The molecule has 0 amide bonds. The number of rotatable bonds is 5. The van der Waals surface area contributed by atoms with E-state index in [-0.39, 0.29) is 0 Å². The first-order chi connectivity index (χ1) is 13.3. The molecule has 3 aromatic rings. The number of hydrogen-bond donors (Lipinski definition) is 1. The second kappa shape index (κ2) is 8.25. The normalized spacial score (nSPS) is 17.4. The third-order valence-electron chi connectivity index (χ3n) is 4.69. The molecule has 0 bridgehead atoms. The summed E-state index contributed by atoms with van der Waals surface area (Å²) >= 11 is 1.57. The molecule has 1 N–H and O–H groups in total. The summed E-state index contributed by atoms with van der Waals surface area (Å²) in [4.78, 5) is 16.0. The molecule has 0 radical (unpaired) electrons. The van der Waals surface area contributed by atoms with Crippen molar-refractivity contribution in [3.8, 4) is 6.07 Å². The van der Waals surface area contributed by atoms with Gasteiger partial charge in [0, 0.05) is 24.3 Å². The van der Waals surface area contributed by atoms with E-state index < -0.39 is 0 Å². The van der Waals surface area contributed by atoms with Crippen LogP contribution in [0.1, 0.15) is 42.3 Å². The molecule has 4 heterocycles. The van der Waals surface area contributed by atoms with Crippen LogP contribution in [0.2, 0.25) is 0 Å². The quantitative estimate of drug-likeness (QED) is 0.716. The van der Waals surface area contributed by atoms with Gasteiger partial charge < -0.3 is 5.32 Å². The zero-order chi connectivity index (χ0) is 18.5. The molecule has 27 heavy (non-hydrogen) atoms. The van der Waals surface area contributed by atoms with Gasteiger partial charge in [0.2, 0.25) is 0 Å². The van der Waals surface area contributed by atoms with Crippen LogP contribution in [0.3, 0.4) is 0 Å². The number of nitrogens with one attached hydrogen (secondary N) is 1. The number of anilines is 2. The number of thiazole rings is 1. The molecule has 1 fully saturated rings. The van der Waals surface area contributed by atoms with E-state index in [0.29, 0.717) is 17.4 Å². The minimum absolute atomic E-state index is 0.311. The predicted octanol–water partition coefficient (Wildman–Crippen LogP) is 4.28. The van der Waals surface area contributed by atoms with Gasteiger partial charge in [0.25, 0.3) is 0 Å². The Bertz CT molecular complexity index is 933. The Balaban J connectivity index is 1.49. The third-order valence-corrected chi connectivity index (χ3v) is 5.47. The van der Waals surface area contributed by atoms with Crippen LogP contribution < -0.4 is 5.32 Å². The fourth-order valence-corrected chi connectivity index (χ4v) is 4.15. The van der Waals surface area contributed by atoms with Crippen LogP contribution in [0.25, 0.3) is 0 Å². The molecule has 0 spiro atoms. The summed E-state index contributed by atoms with van der Waals surface area (Å²) in [7, 11) is 0. The number of aromatic nitrogens is 3. The molecule has 1 saturated heterocycles. The fraction of sp³-hybridized carbons (Fsp3) is 0.300. The molecule has 1 aliphatic rings. The highest BCUT2D eigenvalue weighted by atomic mass is 32.1. The second-order valence-electron chi connectivity index (χ2n) is 6.55. The summed E-state index contributed by atoms with van der Waals surface area (Å²) in [6.07, 6.45) is 7.02. The van der Waals surface area contributed by atoms with Gasteiger partial charge in [-0.15, -0.1) is 11.3 Å². The van der Waals surface area contributed by atoms with Crippen LogP contribution in [-0.4, -0.2) is 26.4 Å². The van der Waals surface area contributed by atoms with Gasteiger partial charge in [-0.3, -0.25) is 9.88 Å². The van der Waals surface area contributed by atoms with Crippen molar-refractivity contribution in [3.05, 3.63) is 65.1 Å². The Morgan fingerprint density at radius 3 is 3.04 bits per heavy atom. The Kier molecular flexibility index (Phi) is 5.37. The Hall–Kier alpha value is -2.82. The topological polar surface area (TPSA) is 77.7 Å². The van der Waals surface area contributed by atoms with Crippen molar-refractivity contribution in [1.82, 2.24) is 19.9 Å². The lowest BCUT2D eigenvalue weighted by molar-refractivity contribution is 0.136. The third kappa shape index (κ3) is 4.30. The van der Waals surface area contributed by atoms with Crippen molar-refractivity contribution in [2.24, 2.45) is 0 Å². The molecule has 0 aromatic carbocycles. The number of piperidine rings is 1. The SMILES string of the molecule is N#Cc1ccnc(Nc2nc([C@@H]3CCCCN3Cc3ccccn3)cs2)c1. The standard InChI is InChI=1S/C20H20N6S/c21-12-15-7-9-23-19(11-15)25-20-24-17(14-27-20)18-6-2-4-10-26(18)13-16-5-1-3-8-22-16/h1,3,5,7-9,11,14,18H,2,4,6,10,13H2,(H,23,24,25)/t18-/m0/s1. The minimum atomic E-state index is 0.311. The number of nitrogens with zero attached hydrogens (tertiary/aromatic N) is 5. The van der Waals surface area contributed by atoms with Crippen molar-refractivity contribution < 1.29 is 0 Å². The summed E-state index contributed by atoms with van der Waals surface area (Å²) in [6, 6.07) is 11.9. The molecule has 0 saturated carbocycles. The largest absolute Gasteiger partial charge is 0.316 e. The maximum atomic E-state index is 9.02. The summed E-state index contributed by atoms with van der Waals surface area (Å²) in [5.74, 6) is 0.643. The molecule has 1 aliphatic heterocycles. The maximum Gasteiger partial charge on any atom is 0.188 e. The molecule has 4 rings (SSSR count). The van der Waals surface area contributed by atoms with Crippen molar-refractivity contribution in [2.45, 2.75) is 31.8 Å². The van der Waals surface area contributed by atoms with Gasteiger partial charge in [-0.25, -0.2) is 9.97 Å². The van der Waals surface area contributed by atoms with Crippen molar-refractivity contribution in [2.75, 3.05) is 11.9 Å². The van der Waals surface area contributed by atoms with E-state index in [4.69, 9.17) is 10.2 Å². The monoisotopic (exact) mass is 376 g/mol. The highest BCUT2D eigenvalue weighted by Crippen LogP contribution is 2.34. The number of nitriles is 1. The van der Waals surface area contributed by atoms with Crippen LogP contribution >= 0.6 is 11.3 Å². The van der Waals surface area contributed by atoms with Crippen LogP contribution in [0.5, 0.6) is 0 Å². The zero-order valence-corrected chi connectivity index (χ0v) is 15.7. The van der Waals surface area contributed by atoms with E-state index in [2.05, 4.69) is 37.7 Å². The van der Waals surface area contributed by atoms with Crippen LogP contribution in [0.15, 0.2) is 48.1 Å². The average molecular weight is 376 g/mol. The lowest BCUT2D eigenvalue weighted by Crippen LogP contribution is -2.33. The van der Waals surface area contributed by atoms with E-state index in [1.807, 2.05) is 18.3 Å². The van der Waals surface area contributed by atoms with Gasteiger partial charge in [-0.1, -0.05) is 12.5 Å². The van der Waals surface area contributed by atoms with Gasteiger partial charge >= 0.3 is 0 Å². The number of pyridine rings is 2. The first kappa shape index (κ1) is 17.6. The van der Waals surface area contributed by atoms with E-state index in [1.54, 1.807) is 29.7 Å². The maximum absolute atomic E-state index is 9.02. The average Bonchev–Trinajstić information content (AvgIpc) is 3.17. The van der Waals surface area contributed by atoms with Crippen molar-refractivity contribution in [3.63, 3.8) is 0 Å². The van der Waals surface area contributed by atoms with Gasteiger partial charge in [-0.05, 0) is 43.7 Å². The zero-order valence-electron chi connectivity index (χ0n) is 14.9. The fourth-order valence-electron chi connectivity index (χ4n) is 3.39. The van der Waals surface area contributed by atoms with E-state index in [9.17, 15) is 0 Å². The first-order valence-corrected chi connectivity index (χ1v) is 9.92. The first-order valence-electron chi connectivity index (χ1n) is 9.04.